The van der Waals surface area contributed by atoms with Crippen molar-refractivity contribution in [2.75, 3.05) is 31.2 Å². The van der Waals surface area contributed by atoms with Gasteiger partial charge in [0, 0.05) is 41.4 Å². The molecule has 0 amide bonds. The van der Waals surface area contributed by atoms with Crippen LogP contribution < -0.4 is 10.2 Å². The summed E-state index contributed by atoms with van der Waals surface area (Å²) in [5, 5.41) is 5.19. The standard InChI is InChI=1S/C23H27N3O/c1-15-13-17(26-9-11-27-12-10-26)7-8-18(15)22-23-20(14-16(2)24-22)19-5-3-4-6-21(19)25-23/h3-8,13,16,22,24-25H,9-12,14H2,1-2H3/t16-,22?/m0/s1. The van der Waals surface area contributed by atoms with E-state index in [1.54, 1.807) is 0 Å². The summed E-state index contributed by atoms with van der Waals surface area (Å²) in [6.45, 7) is 8.12. The molecule has 27 heavy (non-hydrogen) atoms. The normalized spacial score (nSPS) is 22.8. The molecule has 2 atom stereocenters. The lowest BCUT2D eigenvalue weighted by atomic mass is 9.89. The number of anilines is 1. The SMILES string of the molecule is Cc1cc(N2CCOCC2)ccc1C1N[C@@H](C)Cc2c1[nH]c1ccccc21. The lowest BCUT2D eigenvalue weighted by Gasteiger charge is -2.32. The number of hydrogen-bond acceptors (Lipinski definition) is 3. The Bertz CT molecular complexity index is 971. The van der Waals surface area contributed by atoms with Gasteiger partial charge in [0.25, 0.3) is 0 Å². The molecule has 0 spiro atoms. The minimum absolute atomic E-state index is 0.217. The molecule has 5 rings (SSSR count). The Morgan fingerprint density at radius 2 is 1.89 bits per heavy atom. The Kier molecular flexibility index (Phi) is 4.18. The van der Waals surface area contributed by atoms with Crippen molar-refractivity contribution in [3.8, 4) is 0 Å². The fraction of sp³-hybridized carbons (Fsp3) is 0.391. The van der Waals surface area contributed by atoms with Crippen molar-refractivity contribution in [3.63, 3.8) is 0 Å². The predicted octanol–water partition coefficient (Wildman–Crippen LogP) is 3.94. The van der Waals surface area contributed by atoms with Crippen LogP contribution in [0, 0.1) is 6.92 Å². The van der Waals surface area contributed by atoms with E-state index in [2.05, 4.69) is 71.5 Å². The molecule has 1 unspecified atom stereocenters. The molecule has 0 radical (unpaired) electrons. The number of aromatic nitrogens is 1. The van der Waals surface area contributed by atoms with Gasteiger partial charge in [-0.25, -0.2) is 0 Å². The second kappa shape index (κ2) is 6.70. The van der Waals surface area contributed by atoms with E-state index < -0.39 is 0 Å². The van der Waals surface area contributed by atoms with Crippen molar-refractivity contribution in [2.45, 2.75) is 32.4 Å². The monoisotopic (exact) mass is 361 g/mol. The fourth-order valence-corrected chi connectivity index (χ4v) is 4.67. The molecule has 4 heteroatoms. The maximum absolute atomic E-state index is 5.49. The van der Waals surface area contributed by atoms with Gasteiger partial charge in [-0.15, -0.1) is 0 Å². The van der Waals surface area contributed by atoms with Gasteiger partial charge in [0.1, 0.15) is 0 Å². The topological polar surface area (TPSA) is 40.3 Å². The van der Waals surface area contributed by atoms with Crippen LogP contribution in [0.3, 0.4) is 0 Å². The molecule has 0 saturated carbocycles. The van der Waals surface area contributed by atoms with Gasteiger partial charge in [0.15, 0.2) is 0 Å². The van der Waals surface area contributed by atoms with Crippen LogP contribution >= 0.6 is 0 Å². The van der Waals surface area contributed by atoms with E-state index >= 15 is 0 Å². The Morgan fingerprint density at radius 1 is 1.07 bits per heavy atom. The minimum atomic E-state index is 0.217. The van der Waals surface area contributed by atoms with Crippen LogP contribution in [0.1, 0.15) is 35.3 Å². The average molecular weight is 361 g/mol. The molecular formula is C23H27N3O. The van der Waals surface area contributed by atoms with E-state index in [1.807, 2.05) is 0 Å². The van der Waals surface area contributed by atoms with Crippen LogP contribution in [0.5, 0.6) is 0 Å². The molecule has 1 saturated heterocycles. The predicted molar refractivity (Wildman–Crippen MR) is 111 cm³/mol. The zero-order valence-electron chi connectivity index (χ0n) is 16.1. The van der Waals surface area contributed by atoms with Crippen LogP contribution in [0.15, 0.2) is 42.5 Å². The van der Waals surface area contributed by atoms with Crippen LogP contribution in [-0.2, 0) is 11.2 Å². The number of nitrogens with one attached hydrogen (secondary N) is 2. The molecular weight excluding hydrogens is 334 g/mol. The highest BCUT2D eigenvalue weighted by atomic mass is 16.5. The smallest absolute Gasteiger partial charge is 0.0737 e. The highest BCUT2D eigenvalue weighted by Gasteiger charge is 2.29. The minimum Gasteiger partial charge on any atom is -0.378 e. The van der Waals surface area contributed by atoms with Crippen molar-refractivity contribution in [3.05, 3.63) is 64.8 Å². The molecule has 2 N–H and O–H groups in total. The molecule has 2 aliphatic rings. The number of fused-ring (bicyclic) bond motifs is 3. The molecule has 0 aliphatic carbocycles. The van der Waals surface area contributed by atoms with Gasteiger partial charge < -0.3 is 19.9 Å². The number of nitrogens with zero attached hydrogens (tertiary/aromatic N) is 1. The van der Waals surface area contributed by atoms with E-state index in [9.17, 15) is 0 Å². The Morgan fingerprint density at radius 3 is 2.70 bits per heavy atom. The van der Waals surface area contributed by atoms with Crippen LogP contribution in [0.25, 0.3) is 10.9 Å². The largest absolute Gasteiger partial charge is 0.378 e. The third-order valence-corrected chi connectivity index (χ3v) is 6.04. The summed E-state index contributed by atoms with van der Waals surface area (Å²) < 4.78 is 5.49. The molecule has 1 fully saturated rings. The quantitative estimate of drug-likeness (QED) is 0.726. The van der Waals surface area contributed by atoms with Gasteiger partial charge in [-0.1, -0.05) is 24.3 Å². The van der Waals surface area contributed by atoms with Crippen molar-refractivity contribution in [1.29, 1.82) is 0 Å². The number of rotatable bonds is 2. The molecule has 0 bridgehead atoms. The number of hydrogen-bond donors (Lipinski definition) is 2. The summed E-state index contributed by atoms with van der Waals surface area (Å²) in [6.07, 6.45) is 1.07. The summed E-state index contributed by atoms with van der Waals surface area (Å²) in [5.41, 5.74) is 8.06. The van der Waals surface area contributed by atoms with E-state index in [0.29, 0.717) is 6.04 Å². The summed E-state index contributed by atoms with van der Waals surface area (Å²) in [5.74, 6) is 0. The number of aromatic amines is 1. The average Bonchev–Trinajstić information content (AvgIpc) is 3.07. The van der Waals surface area contributed by atoms with Crippen LogP contribution in [0.2, 0.25) is 0 Å². The van der Waals surface area contributed by atoms with Gasteiger partial charge in [-0.2, -0.15) is 0 Å². The summed E-state index contributed by atoms with van der Waals surface area (Å²) in [6, 6.07) is 16.3. The summed E-state index contributed by atoms with van der Waals surface area (Å²) in [7, 11) is 0. The molecule has 3 heterocycles. The van der Waals surface area contributed by atoms with Crippen LogP contribution in [-0.4, -0.2) is 37.3 Å². The number of H-pyrrole nitrogens is 1. The molecule has 2 aliphatic heterocycles. The van der Waals surface area contributed by atoms with Gasteiger partial charge in [0.05, 0.1) is 19.3 Å². The zero-order chi connectivity index (χ0) is 18.4. The first-order chi connectivity index (χ1) is 13.2. The van der Waals surface area contributed by atoms with Crippen molar-refractivity contribution >= 4 is 16.6 Å². The van der Waals surface area contributed by atoms with E-state index in [-0.39, 0.29) is 6.04 Å². The van der Waals surface area contributed by atoms with Crippen LogP contribution in [0.4, 0.5) is 5.69 Å². The summed E-state index contributed by atoms with van der Waals surface area (Å²) >= 11 is 0. The van der Waals surface area contributed by atoms with Gasteiger partial charge in [0.2, 0.25) is 0 Å². The highest BCUT2D eigenvalue weighted by Crippen LogP contribution is 2.37. The lowest BCUT2D eigenvalue weighted by molar-refractivity contribution is 0.122. The third-order valence-electron chi connectivity index (χ3n) is 6.04. The molecule has 3 aromatic rings. The molecule has 2 aromatic carbocycles. The van der Waals surface area contributed by atoms with Crippen molar-refractivity contribution < 1.29 is 4.74 Å². The number of aryl methyl sites for hydroxylation is 1. The second-order valence-electron chi connectivity index (χ2n) is 7.91. The Hall–Kier alpha value is -2.30. The number of morpholine rings is 1. The Labute approximate surface area is 160 Å². The van der Waals surface area contributed by atoms with Gasteiger partial charge >= 0.3 is 0 Å². The lowest BCUT2D eigenvalue weighted by Crippen LogP contribution is -2.38. The van der Waals surface area contributed by atoms with Crippen molar-refractivity contribution in [1.82, 2.24) is 10.3 Å². The summed E-state index contributed by atoms with van der Waals surface area (Å²) in [4.78, 5) is 6.12. The maximum Gasteiger partial charge on any atom is 0.0737 e. The molecule has 4 nitrogen and oxygen atoms in total. The van der Waals surface area contributed by atoms with Crippen molar-refractivity contribution in [2.24, 2.45) is 0 Å². The molecule has 1 aromatic heterocycles. The van der Waals surface area contributed by atoms with E-state index in [0.717, 1.165) is 32.7 Å². The fourth-order valence-electron chi connectivity index (χ4n) is 4.67. The number of benzene rings is 2. The van der Waals surface area contributed by atoms with E-state index in [1.165, 1.54) is 39.0 Å². The zero-order valence-corrected chi connectivity index (χ0v) is 16.1. The Balaban J connectivity index is 1.55. The first-order valence-corrected chi connectivity index (χ1v) is 9.99. The first-order valence-electron chi connectivity index (χ1n) is 9.99. The first kappa shape index (κ1) is 16.8. The van der Waals surface area contributed by atoms with E-state index in [4.69, 9.17) is 4.74 Å². The maximum atomic E-state index is 5.49. The number of para-hydroxylation sites is 1. The second-order valence-corrected chi connectivity index (χ2v) is 7.91. The number of ether oxygens (including phenoxy) is 1. The molecule has 140 valence electrons. The van der Waals surface area contributed by atoms with Gasteiger partial charge in [-0.05, 0) is 55.2 Å². The third kappa shape index (κ3) is 2.93. The highest BCUT2D eigenvalue weighted by molar-refractivity contribution is 5.85. The van der Waals surface area contributed by atoms with Gasteiger partial charge in [-0.3, -0.25) is 0 Å².